The largest absolute Gasteiger partial charge is 0.306 e. The highest BCUT2D eigenvalue weighted by Crippen LogP contribution is 2.44. The van der Waals surface area contributed by atoms with E-state index in [0.717, 1.165) is 25.3 Å². The quantitative estimate of drug-likeness (QED) is 0.836. The normalized spacial score (nSPS) is 26.3. The van der Waals surface area contributed by atoms with E-state index >= 15 is 0 Å². The highest BCUT2D eigenvalue weighted by atomic mass is 35.5. The molecule has 1 aliphatic carbocycles. The summed E-state index contributed by atoms with van der Waals surface area (Å²) in [7, 11) is 0. The topological polar surface area (TPSA) is 42.7 Å². The van der Waals surface area contributed by atoms with Gasteiger partial charge in [-0.2, -0.15) is 5.10 Å². The molecule has 0 radical (unpaired) electrons. The van der Waals surface area contributed by atoms with Crippen LogP contribution in [0.4, 0.5) is 0 Å². The van der Waals surface area contributed by atoms with Crippen molar-refractivity contribution < 1.29 is 0 Å². The van der Waals surface area contributed by atoms with Crippen LogP contribution in [0.15, 0.2) is 6.33 Å². The third-order valence-corrected chi connectivity index (χ3v) is 4.63. The number of hydrogen-bond donors (Lipinski definition) is 1. The SMILES string of the molecule is CC(C)Cn1ncnc1CNC1CC(Cl)C1(C)C. The van der Waals surface area contributed by atoms with Gasteiger partial charge >= 0.3 is 0 Å². The Kier molecular flexibility index (Phi) is 3.97. The molecule has 1 saturated carbocycles. The van der Waals surface area contributed by atoms with Gasteiger partial charge in [0.15, 0.2) is 0 Å². The van der Waals surface area contributed by atoms with Crippen molar-refractivity contribution in [2.75, 3.05) is 0 Å². The van der Waals surface area contributed by atoms with Crippen molar-refractivity contribution in [2.45, 2.75) is 58.6 Å². The van der Waals surface area contributed by atoms with Crippen molar-refractivity contribution in [3.05, 3.63) is 12.2 Å². The highest BCUT2D eigenvalue weighted by Gasteiger charge is 2.46. The van der Waals surface area contributed by atoms with E-state index in [4.69, 9.17) is 11.6 Å². The highest BCUT2D eigenvalue weighted by molar-refractivity contribution is 6.21. The minimum absolute atomic E-state index is 0.171. The van der Waals surface area contributed by atoms with Crippen molar-refractivity contribution in [1.82, 2.24) is 20.1 Å². The van der Waals surface area contributed by atoms with Gasteiger partial charge in [-0.15, -0.1) is 11.6 Å². The molecular weight excluding hydrogens is 248 g/mol. The van der Waals surface area contributed by atoms with Crippen molar-refractivity contribution in [2.24, 2.45) is 11.3 Å². The molecule has 0 spiro atoms. The maximum atomic E-state index is 6.22. The molecule has 1 fully saturated rings. The van der Waals surface area contributed by atoms with Crippen LogP contribution in [0.2, 0.25) is 0 Å². The third-order valence-electron chi connectivity index (χ3n) is 3.89. The number of aromatic nitrogens is 3. The van der Waals surface area contributed by atoms with Gasteiger partial charge in [-0.05, 0) is 17.8 Å². The fourth-order valence-corrected chi connectivity index (χ4v) is 2.69. The monoisotopic (exact) mass is 270 g/mol. The first-order valence-corrected chi connectivity index (χ1v) is 7.09. The Morgan fingerprint density at radius 1 is 1.56 bits per heavy atom. The summed E-state index contributed by atoms with van der Waals surface area (Å²) in [5.74, 6) is 1.59. The first-order valence-electron chi connectivity index (χ1n) is 6.65. The van der Waals surface area contributed by atoms with Gasteiger partial charge in [0.2, 0.25) is 0 Å². The molecule has 5 heteroatoms. The molecule has 1 heterocycles. The van der Waals surface area contributed by atoms with Crippen LogP contribution in [-0.4, -0.2) is 26.2 Å². The summed E-state index contributed by atoms with van der Waals surface area (Å²) in [6, 6.07) is 0.476. The molecule has 0 bridgehead atoms. The molecule has 0 amide bonds. The predicted molar refractivity (Wildman–Crippen MR) is 73.5 cm³/mol. The molecule has 2 rings (SSSR count). The number of nitrogens with one attached hydrogen (secondary N) is 1. The molecule has 1 N–H and O–H groups in total. The zero-order valence-electron chi connectivity index (χ0n) is 11.7. The molecule has 4 nitrogen and oxygen atoms in total. The maximum absolute atomic E-state index is 6.22. The second-order valence-corrected chi connectivity index (χ2v) is 6.74. The third kappa shape index (κ3) is 2.69. The van der Waals surface area contributed by atoms with Gasteiger partial charge in [-0.3, -0.25) is 0 Å². The molecule has 1 aromatic heterocycles. The van der Waals surface area contributed by atoms with Gasteiger partial charge in [0.05, 0.1) is 6.54 Å². The zero-order valence-corrected chi connectivity index (χ0v) is 12.4. The van der Waals surface area contributed by atoms with E-state index in [0.29, 0.717) is 12.0 Å². The van der Waals surface area contributed by atoms with Crippen LogP contribution < -0.4 is 5.32 Å². The molecule has 2 atom stereocenters. The van der Waals surface area contributed by atoms with Crippen LogP contribution in [0.3, 0.4) is 0 Å². The van der Waals surface area contributed by atoms with Gasteiger partial charge in [0.1, 0.15) is 12.2 Å². The number of nitrogens with zero attached hydrogens (tertiary/aromatic N) is 3. The van der Waals surface area contributed by atoms with Gasteiger partial charge < -0.3 is 5.32 Å². The number of halogens is 1. The van der Waals surface area contributed by atoms with Crippen LogP contribution in [0, 0.1) is 11.3 Å². The summed E-state index contributed by atoms with van der Waals surface area (Å²) in [5, 5.41) is 8.10. The van der Waals surface area contributed by atoms with Crippen molar-refractivity contribution in [3.63, 3.8) is 0 Å². The minimum Gasteiger partial charge on any atom is -0.306 e. The second-order valence-electron chi connectivity index (χ2n) is 6.21. The second kappa shape index (κ2) is 5.17. The minimum atomic E-state index is 0.171. The lowest BCUT2D eigenvalue weighted by molar-refractivity contribution is 0.114. The van der Waals surface area contributed by atoms with E-state index < -0.39 is 0 Å². The van der Waals surface area contributed by atoms with Crippen molar-refractivity contribution in [3.8, 4) is 0 Å². The molecule has 0 saturated heterocycles. The summed E-state index contributed by atoms with van der Waals surface area (Å²) in [6.45, 7) is 10.5. The van der Waals surface area contributed by atoms with Crippen molar-refractivity contribution in [1.29, 1.82) is 0 Å². The van der Waals surface area contributed by atoms with E-state index in [1.54, 1.807) is 6.33 Å². The van der Waals surface area contributed by atoms with Crippen LogP contribution in [0.5, 0.6) is 0 Å². The average molecular weight is 271 g/mol. The molecule has 2 unspecified atom stereocenters. The zero-order chi connectivity index (χ0) is 13.3. The Morgan fingerprint density at radius 3 is 2.83 bits per heavy atom. The van der Waals surface area contributed by atoms with Gasteiger partial charge in [-0.1, -0.05) is 27.7 Å². The Labute approximate surface area is 114 Å². The molecule has 102 valence electrons. The van der Waals surface area contributed by atoms with Crippen LogP contribution >= 0.6 is 11.6 Å². The van der Waals surface area contributed by atoms with E-state index in [-0.39, 0.29) is 10.8 Å². The summed E-state index contributed by atoms with van der Waals surface area (Å²) >= 11 is 6.22. The first-order chi connectivity index (χ1) is 8.41. The first kappa shape index (κ1) is 13.8. The lowest BCUT2D eigenvalue weighted by Gasteiger charge is -2.49. The number of alkyl halides is 1. The van der Waals surface area contributed by atoms with E-state index in [1.165, 1.54) is 0 Å². The Morgan fingerprint density at radius 2 is 2.28 bits per heavy atom. The van der Waals surface area contributed by atoms with E-state index in [2.05, 4.69) is 43.1 Å². The lowest BCUT2D eigenvalue weighted by atomic mass is 9.67. The van der Waals surface area contributed by atoms with Gasteiger partial charge in [-0.25, -0.2) is 9.67 Å². The Balaban J connectivity index is 1.89. The summed E-state index contributed by atoms with van der Waals surface area (Å²) in [6.07, 6.45) is 2.67. The van der Waals surface area contributed by atoms with E-state index in [1.807, 2.05) is 4.68 Å². The predicted octanol–water partition coefficient (Wildman–Crippen LogP) is 2.43. The summed E-state index contributed by atoms with van der Waals surface area (Å²) in [5.41, 5.74) is 0.171. The van der Waals surface area contributed by atoms with Crippen LogP contribution in [0.1, 0.15) is 39.9 Å². The smallest absolute Gasteiger partial charge is 0.140 e. The molecule has 0 aliphatic heterocycles. The standard InChI is InChI=1S/C13H23ClN4/c1-9(2)7-18-12(16-8-17-18)6-15-11-5-10(14)13(11,3)4/h8-11,15H,5-7H2,1-4H3. The van der Waals surface area contributed by atoms with Crippen LogP contribution in [0.25, 0.3) is 0 Å². The summed E-state index contributed by atoms with van der Waals surface area (Å²) < 4.78 is 1.99. The molecule has 1 aromatic rings. The fourth-order valence-electron chi connectivity index (χ4n) is 2.36. The maximum Gasteiger partial charge on any atom is 0.140 e. The molecular formula is C13H23ClN4. The summed E-state index contributed by atoms with van der Waals surface area (Å²) in [4.78, 5) is 4.32. The Hall–Kier alpha value is -0.610. The Bertz CT molecular complexity index is 399. The molecule has 0 aromatic carbocycles. The molecule has 18 heavy (non-hydrogen) atoms. The van der Waals surface area contributed by atoms with E-state index in [9.17, 15) is 0 Å². The number of rotatable bonds is 5. The van der Waals surface area contributed by atoms with Crippen LogP contribution in [-0.2, 0) is 13.1 Å². The number of hydrogen-bond acceptors (Lipinski definition) is 3. The van der Waals surface area contributed by atoms with Crippen molar-refractivity contribution >= 4 is 11.6 Å². The fraction of sp³-hybridized carbons (Fsp3) is 0.846. The van der Waals surface area contributed by atoms with Gasteiger partial charge in [0.25, 0.3) is 0 Å². The van der Waals surface area contributed by atoms with Gasteiger partial charge in [0, 0.05) is 18.0 Å². The average Bonchev–Trinajstić information content (AvgIpc) is 2.70. The molecule has 1 aliphatic rings. The lowest BCUT2D eigenvalue weighted by Crippen LogP contribution is -2.57.